The molecule has 1 aliphatic rings. The van der Waals surface area contributed by atoms with Crippen molar-refractivity contribution in [1.29, 1.82) is 0 Å². The average molecular weight is 694 g/mol. The van der Waals surface area contributed by atoms with Crippen molar-refractivity contribution in [3.63, 3.8) is 0 Å². The predicted molar refractivity (Wildman–Crippen MR) is 152 cm³/mol. The first kappa shape index (κ1) is 27.6. The lowest BCUT2D eigenvalue weighted by molar-refractivity contribution is -0.127. The molecule has 38 heavy (non-hydrogen) atoms. The standard InChI is InChI=1S/C27H22BrFIN3O5/c1-2-37-23-13-17(11-20(30)25(23)38-15-16-7-9-18(28)10-8-16)12-22-26(35)33(27(36)32-22)14-24(34)31-21-6-4-3-5-19(21)29/h3-13H,2,14-15H2,1H3,(H,31,34)(H,32,36)/b22-12+. The molecular weight excluding hydrogens is 672 g/mol. The number of hydrogen-bond acceptors (Lipinski definition) is 5. The van der Waals surface area contributed by atoms with Gasteiger partial charge in [-0.2, -0.15) is 0 Å². The summed E-state index contributed by atoms with van der Waals surface area (Å²) < 4.78 is 27.4. The molecule has 0 bridgehead atoms. The van der Waals surface area contributed by atoms with E-state index in [0.29, 0.717) is 30.3 Å². The number of para-hydroxylation sites is 1. The molecule has 0 atom stereocenters. The SMILES string of the molecule is CCOc1cc(/C=C2/NC(=O)N(CC(=O)Nc3ccccc3F)C2=O)cc(I)c1OCc1ccc(Br)cc1. The number of hydrogen-bond donors (Lipinski definition) is 2. The lowest BCUT2D eigenvalue weighted by atomic mass is 10.1. The van der Waals surface area contributed by atoms with Gasteiger partial charge in [-0.1, -0.05) is 40.2 Å². The fourth-order valence-corrected chi connectivity index (χ4v) is 4.63. The van der Waals surface area contributed by atoms with Crippen LogP contribution in [-0.2, 0) is 16.2 Å². The van der Waals surface area contributed by atoms with Gasteiger partial charge in [-0.15, -0.1) is 0 Å². The van der Waals surface area contributed by atoms with Crippen molar-refractivity contribution in [3.8, 4) is 11.5 Å². The number of nitrogens with one attached hydrogen (secondary N) is 2. The molecule has 0 aliphatic carbocycles. The number of amides is 4. The first-order chi connectivity index (χ1) is 18.2. The third-order valence-electron chi connectivity index (χ3n) is 5.35. The highest BCUT2D eigenvalue weighted by atomic mass is 127. The fraction of sp³-hybridized carbons (Fsp3) is 0.148. The van der Waals surface area contributed by atoms with Crippen molar-refractivity contribution >= 4 is 68.1 Å². The monoisotopic (exact) mass is 693 g/mol. The summed E-state index contributed by atoms with van der Waals surface area (Å²) in [5, 5.41) is 4.85. The Bertz CT molecular complexity index is 1410. The maximum atomic E-state index is 13.8. The molecule has 8 nitrogen and oxygen atoms in total. The summed E-state index contributed by atoms with van der Waals surface area (Å²) in [6, 6.07) is 16.1. The number of carbonyl (C=O) groups excluding carboxylic acids is 3. The first-order valence-electron chi connectivity index (χ1n) is 11.5. The van der Waals surface area contributed by atoms with Crippen LogP contribution in [0.25, 0.3) is 6.08 Å². The van der Waals surface area contributed by atoms with Crippen LogP contribution in [-0.4, -0.2) is 35.9 Å². The summed E-state index contributed by atoms with van der Waals surface area (Å²) >= 11 is 5.53. The first-order valence-corrected chi connectivity index (χ1v) is 13.3. The Kier molecular flexibility index (Phi) is 9.00. The molecule has 0 aromatic heterocycles. The second-order valence-corrected chi connectivity index (χ2v) is 10.2. The Morgan fingerprint density at radius 2 is 1.87 bits per heavy atom. The topological polar surface area (TPSA) is 97.0 Å². The average Bonchev–Trinajstić information content (AvgIpc) is 3.13. The van der Waals surface area contributed by atoms with E-state index in [-0.39, 0.29) is 11.4 Å². The maximum absolute atomic E-state index is 13.8. The predicted octanol–water partition coefficient (Wildman–Crippen LogP) is 5.70. The van der Waals surface area contributed by atoms with Gasteiger partial charge in [-0.25, -0.2) is 14.1 Å². The Balaban J connectivity index is 1.49. The van der Waals surface area contributed by atoms with Gasteiger partial charge in [0.25, 0.3) is 5.91 Å². The number of benzene rings is 3. The molecule has 3 aromatic rings. The lowest BCUT2D eigenvalue weighted by Crippen LogP contribution is -2.38. The summed E-state index contributed by atoms with van der Waals surface area (Å²) in [6.07, 6.45) is 1.50. The molecule has 0 saturated carbocycles. The van der Waals surface area contributed by atoms with Gasteiger partial charge >= 0.3 is 6.03 Å². The highest BCUT2D eigenvalue weighted by Gasteiger charge is 2.35. The van der Waals surface area contributed by atoms with Crippen molar-refractivity contribution in [1.82, 2.24) is 10.2 Å². The van der Waals surface area contributed by atoms with Crippen molar-refractivity contribution in [3.05, 3.63) is 91.3 Å². The second-order valence-electron chi connectivity index (χ2n) is 8.09. The zero-order chi connectivity index (χ0) is 27.2. The van der Waals surface area contributed by atoms with Crippen LogP contribution >= 0.6 is 38.5 Å². The minimum Gasteiger partial charge on any atom is -0.490 e. The van der Waals surface area contributed by atoms with E-state index < -0.39 is 30.2 Å². The van der Waals surface area contributed by atoms with Crippen molar-refractivity contribution in [2.75, 3.05) is 18.5 Å². The molecule has 1 aliphatic heterocycles. The third kappa shape index (κ3) is 6.70. The number of rotatable bonds is 9. The lowest BCUT2D eigenvalue weighted by Gasteiger charge is -2.15. The number of nitrogens with zero attached hydrogens (tertiary/aromatic N) is 1. The van der Waals surface area contributed by atoms with Crippen LogP contribution in [0.2, 0.25) is 0 Å². The molecule has 1 heterocycles. The zero-order valence-electron chi connectivity index (χ0n) is 20.1. The van der Waals surface area contributed by atoms with E-state index in [1.165, 1.54) is 24.3 Å². The van der Waals surface area contributed by atoms with E-state index in [9.17, 15) is 18.8 Å². The van der Waals surface area contributed by atoms with Crippen molar-refractivity contribution in [2.45, 2.75) is 13.5 Å². The molecule has 0 unspecified atom stereocenters. The van der Waals surface area contributed by atoms with E-state index in [1.807, 2.05) is 31.2 Å². The fourth-order valence-electron chi connectivity index (χ4n) is 3.59. The van der Waals surface area contributed by atoms with Crippen LogP contribution < -0.4 is 20.1 Å². The Morgan fingerprint density at radius 3 is 2.58 bits per heavy atom. The van der Waals surface area contributed by atoms with Crippen LogP contribution in [0.1, 0.15) is 18.1 Å². The molecule has 196 valence electrons. The minimum absolute atomic E-state index is 0.00419. The number of carbonyl (C=O) groups is 3. The van der Waals surface area contributed by atoms with Crippen LogP contribution in [0.3, 0.4) is 0 Å². The van der Waals surface area contributed by atoms with Crippen LogP contribution in [0, 0.1) is 9.39 Å². The van der Waals surface area contributed by atoms with E-state index in [1.54, 1.807) is 18.2 Å². The smallest absolute Gasteiger partial charge is 0.329 e. The summed E-state index contributed by atoms with van der Waals surface area (Å²) in [6.45, 7) is 2.01. The molecule has 0 radical (unpaired) electrons. The second kappa shape index (κ2) is 12.4. The van der Waals surface area contributed by atoms with E-state index in [2.05, 4.69) is 49.2 Å². The molecule has 4 rings (SSSR count). The normalized spacial score (nSPS) is 14.0. The van der Waals surface area contributed by atoms with Gasteiger partial charge in [0.2, 0.25) is 5.91 Å². The van der Waals surface area contributed by atoms with E-state index >= 15 is 0 Å². The van der Waals surface area contributed by atoms with E-state index in [0.717, 1.165) is 18.5 Å². The van der Waals surface area contributed by atoms with Crippen molar-refractivity contribution in [2.24, 2.45) is 0 Å². The quantitative estimate of drug-likeness (QED) is 0.170. The highest BCUT2D eigenvalue weighted by molar-refractivity contribution is 14.1. The molecule has 1 fully saturated rings. The minimum atomic E-state index is -0.751. The van der Waals surface area contributed by atoms with Gasteiger partial charge in [0.05, 0.1) is 15.9 Å². The zero-order valence-corrected chi connectivity index (χ0v) is 23.8. The molecule has 3 aromatic carbocycles. The summed E-state index contributed by atoms with van der Waals surface area (Å²) in [7, 11) is 0. The maximum Gasteiger partial charge on any atom is 0.329 e. The highest BCUT2D eigenvalue weighted by Crippen LogP contribution is 2.36. The van der Waals surface area contributed by atoms with Gasteiger partial charge in [0, 0.05) is 4.47 Å². The summed E-state index contributed by atoms with van der Waals surface area (Å²) in [4.78, 5) is 38.4. The van der Waals surface area contributed by atoms with Gasteiger partial charge in [-0.3, -0.25) is 9.59 Å². The number of halogens is 3. The Labute approximate surface area is 240 Å². The third-order valence-corrected chi connectivity index (χ3v) is 6.68. The Hall–Kier alpha value is -3.45. The number of urea groups is 1. The molecule has 2 N–H and O–H groups in total. The van der Waals surface area contributed by atoms with Gasteiger partial charge in [0.15, 0.2) is 11.5 Å². The van der Waals surface area contributed by atoms with Crippen LogP contribution in [0.15, 0.2) is 70.8 Å². The summed E-state index contributed by atoms with van der Waals surface area (Å²) in [5.41, 5.74) is 1.53. The van der Waals surface area contributed by atoms with Gasteiger partial charge in [-0.05, 0) is 83.1 Å². The summed E-state index contributed by atoms with van der Waals surface area (Å²) in [5.74, 6) is -0.961. The largest absolute Gasteiger partial charge is 0.490 e. The Morgan fingerprint density at radius 1 is 1.13 bits per heavy atom. The number of ether oxygens (including phenoxy) is 2. The van der Waals surface area contributed by atoms with Gasteiger partial charge in [0.1, 0.15) is 24.7 Å². The number of anilines is 1. The van der Waals surface area contributed by atoms with Crippen LogP contribution in [0.4, 0.5) is 14.9 Å². The van der Waals surface area contributed by atoms with E-state index in [4.69, 9.17) is 9.47 Å². The molecule has 11 heteroatoms. The van der Waals surface area contributed by atoms with Gasteiger partial charge < -0.3 is 20.1 Å². The number of imide groups is 1. The molecular formula is C27H22BrFIN3O5. The molecule has 4 amide bonds. The molecule has 0 spiro atoms. The van der Waals surface area contributed by atoms with Crippen LogP contribution in [0.5, 0.6) is 11.5 Å². The molecule has 1 saturated heterocycles. The van der Waals surface area contributed by atoms with Crippen molar-refractivity contribution < 1.29 is 28.2 Å².